The zero-order valence-electron chi connectivity index (χ0n) is 15.7. The monoisotopic (exact) mass is 436 g/mol. The van der Waals surface area contributed by atoms with Crippen molar-refractivity contribution in [3.05, 3.63) is 54.1 Å². The number of aryl methyl sites for hydroxylation is 2. The van der Waals surface area contributed by atoms with Gasteiger partial charge in [-0.05, 0) is 36.8 Å². The summed E-state index contributed by atoms with van der Waals surface area (Å²) < 4.78 is 68.5. The Bertz CT molecular complexity index is 1360. The number of hydrogen-bond acceptors (Lipinski definition) is 5. The Labute approximate surface area is 168 Å². The fourth-order valence-electron chi connectivity index (χ4n) is 3.07. The molecular formula is C18H15F3N6O2S. The van der Waals surface area contributed by atoms with Gasteiger partial charge in [0.1, 0.15) is 10.7 Å². The number of H-pyrrole nitrogens is 1. The molecule has 2 N–H and O–H groups in total. The summed E-state index contributed by atoms with van der Waals surface area (Å²) in [6, 6.07) is 4.93. The van der Waals surface area contributed by atoms with Crippen molar-refractivity contribution in [1.82, 2.24) is 25.0 Å². The molecule has 156 valence electrons. The predicted molar refractivity (Wildman–Crippen MR) is 103 cm³/mol. The molecule has 8 nitrogen and oxygen atoms in total. The quantitative estimate of drug-likeness (QED) is 0.510. The third kappa shape index (κ3) is 3.61. The number of rotatable bonds is 4. The van der Waals surface area contributed by atoms with Crippen LogP contribution in [0.25, 0.3) is 22.0 Å². The molecule has 0 saturated carbocycles. The maximum atomic E-state index is 13.3. The summed E-state index contributed by atoms with van der Waals surface area (Å²) in [5.41, 5.74) is 0.482. The van der Waals surface area contributed by atoms with E-state index < -0.39 is 21.8 Å². The van der Waals surface area contributed by atoms with Gasteiger partial charge in [-0.15, -0.1) is 0 Å². The van der Waals surface area contributed by atoms with Crippen LogP contribution in [-0.2, 0) is 23.2 Å². The number of nitrogens with one attached hydrogen (secondary N) is 2. The maximum absolute atomic E-state index is 13.3. The van der Waals surface area contributed by atoms with Crippen LogP contribution < -0.4 is 4.72 Å². The lowest BCUT2D eigenvalue weighted by Gasteiger charge is -2.13. The molecule has 0 amide bonds. The van der Waals surface area contributed by atoms with E-state index in [0.717, 1.165) is 12.1 Å². The van der Waals surface area contributed by atoms with Crippen molar-refractivity contribution in [1.29, 1.82) is 0 Å². The lowest BCUT2D eigenvalue weighted by Crippen LogP contribution is -2.13. The number of alkyl halides is 3. The van der Waals surface area contributed by atoms with Gasteiger partial charge < -0.3 is 0 Å². The number of nitrogens with zero attached hydrogens (tertiary/aromatic N) is 4. The van der Waals surface area contributed by atoms with Crippen LogP contribution in [0, 0.1) is 6.92 Å². The van der Waals surface area contributed by atoms with Crippen molar-refractivity contribution in [3.8, 4) is 11.1 Å². The van der Waals surface area contributed by atoms with E-state index in [1.54, 1.807) is 14.0 Å². The van der Waals surface area contributed by atoms with Gasteiger partial charge in [0.05, 0.1) is 23.5 Å². The molecule has 30 heavy (non-hydrogen) atoms. The topological polar surface area (TPSA) is 106 Å². The molecule has 3 aromatic heterocycles. The Kier molecular flexibility index (Phi) is 4.53. The predicted octanol–water partition coefficient (Wildman–Crippen LogP) is 3.49. The van der Waals surface area contributed by atoms with E-state index in [4.69, 9.17) is 0 Å². The summed E-state index contributed by atoms with van der Waals surface area (Å²) in [5.74, 6) is 0.0375. The third-order valence-electron chi connectivity index (χ3n) is 4.49. The SMILES string of the molecule is Cc1nc(NS(=O)(=O)c2cnn(C)c2)ccc1-c1cc(C(F)(F)F)cc2[nH]ncc12. The van der Waals surface area contributed by atoms with Crippen LogP contribution in [0.2, 0.25) is 0 Å². The molecule has 0 aliphatic heterocycles. The number of sulfonamides is 1. The van der Waals surface area contributed by atoms with E-state index in [0.29, 0.717) is 22.2 Å². The van der Waals surface area contributed by atoms with Crippen molar-refractivity contribution in [3.63, 3.8) is 0 Å². The molecule has 0 unspecified atom stereocenters. The van der Waals surface area contributed by atoms with Crippen LogP contribution in [0.15, 0.2) is 47.8 Å². The Balaban J connectivity index is 1.75. The third-order valence-corrected chi connectivity index (χ3v) is 5.80. The van der Waals surface area contributed by atoms with Gasteiger partial charge >= 0.3 is 6.18 Å². The van der Waals surface area contributed by atoms with Crippen LogP contribution in [0.4, 0.5) is 19.0 Å². The fourth-order valence-corrected chi connectivity index (χ4v) is 4.06. The molecule has 1 aromatic carbocycles. The minimum Gasteiger partial charge on any atom is -0.278 e. The van der Waals surface area contributed by atoms with Crippen molar-refractivity contribution in [2.75, 3.05) is 4.72 Å². The summed E-state index contributed by atoms with van der Waals surface area (Å²) in [4.78, 5) is 4.19. The molecule has 0 aliphatic rings. The highest BCUT2D eigenvalue weighted by molar-refractivity contribution is 7.92. The number of pyridine rings is 1. The van der Waals surface area contributed by atoms with Crippen LogP contribution >= 0.6 is 0 Å². The van der Waals surface area contributed by atoms with Gasteiger partial charge in [0, 0.05) is 29.9 Å². The van der Waals surface area contributed by atoms with Gasteiger partial charge in [0.15, 0.2) is 0 Å². The van der Waals surface area contributed by atoms with Crippen LogP contribution in [0.5, 0.6) is 0 Å². The first-order chi connectivity index (χ1) is 14.0. The number of anilines is 1. The van der Waals surface area contributed by atoms with E-state index in [2.05, 4.69) is 25.0 Å². The number of fused-ring (bicyclic) bond motifs is 1. The second-order valence-electron chi connectivity index (χ2n) is 6.64. The first kappa shape index (κ1) is 19.9. The largest absolute Gasteiger partial charge is 0.416 e. The highest BCUT2D eigenvalue weighted by atomic mass is 32.2. The van der Waals surface area contributed by atoms with Gasteiger partial charge in [-0.1, -0.05) is 0 Å². The van der Waals surface area contributed by atoms with Crippen LogP contribution in [0.3, 0.4) is 0 Å². The number of halogens is 3. The van der Waals surface area contributed by atoms with Crippen molar-refractivity contribution >= 4 is 26.7 Å². The molecule has 0 spiro atoms. The second kappa shape index (κ2) is 6.83. The standard InChI is InChI=1S/C18H15F3N6O2S/c1-10-13(14-5-11(18(19,20)21)6-16-15(14)8-22-25-16)3-4-17(24-10)26-30(28,29)12-7-23-27(2)9-12/h3-9H,1-2H3,(H,22,25)(H,24,26). The number of hydrogen-bond donors (Lipinski definition) is 2. The minimum atomic E-state index is -4.53. The molecule has 0 fully saturated rings. The maximum Gasteiger partial charge on any atom is 0.416 e. The Hall–Kier alpha value is -3.41. The molecule has 4 aromatic rings. The molecule has 0 aliphatic carbocycles. The fraction of sp³-hybridized carbons (Fsp3) is 0.167. The number of aromatic nitrogens is 5. The molecule has 0 atom stereocenters. The molecule has 12 heteroatoms. The van der Waals surface area contributed by atoms with Gasteiger partial charge in [-0.25, -0.2) is 13.4 Å². The zero-order valence-corrected chi connectivity index (χ0v) is 16.5. The Morgan fingerprint density at radius 1 is 1.13 bits per heavy atom. The average Bonchev–Trinajstić information content (AvgIpc) is 3.29. The molecule has 0 bridgehead atoms. The lowest BCUT2D eigenvalue weighted by atomic mass is 9.98. The van der Waals surface area contributed by atoms with Crippen LogP contribution in [-0.4, -0.2) is 33.4 Å². The Morgan fingerprint density at radius 3 is 2.53 bits per heavy atom. The first-order valence-electron chi connectivity index (χ1n) is 8.58. The van der Waals surface area contributed by atoms with E-state index in [1.807, 2.05) is 0 Å². The molecule has 3 heterocycles. The smallest absolute Gasteiger partial charge is 0.278 e. The number of aromatic amines is 1. The van der Waals surface area contributed by atoms with Gasteiger partial charge in [-0.2, -0.15) is 23.4 Å². The molecule has 0 radical (unpaired) electrons. The van der Waals surface area contributed by atoms with Gasteiger partial charge in [-0.3, -0.25) is 14.5 Å². The highest BCUT2D eigenvalue weighted by Gasteiger charge is 2.32. The highest BCUT2D eigenvalue weighted by Crippen LogP contribution is 2.37. The molecular weight excluding hydrogens is 421 g/mol. The normalized spacial score (nSPS) is 12.4. The van der Waals surface area contributed by atoms with E-state index >= 15 is 0 Å². The summed E-state index contributed by atoms with van der Waals surface area (Å²) in [6.45, 7) is 1.59. The average molecular weight is 436 g/mol. The second-order valence-corrected chi connectivity index (χ2v) is 8.32. The first-order valence-corrected chi connectivity index (χ1v) is 10.1. The molecule has 4 rings (SSSR count). The number of benzene rings is 1. The summed E-state index contributed by atoms with van der Waals surface area (Å²) in [6.07, 6.45) is -0.568. The summed E-state index contributed by atoms with van der Waals surface area (Å²) in [7, 11) is -2.31. The van der Waals surface area contributed by atoms with Crippen molar-refractivity contribution < 1.29 is 21.6 Å². The van der Waals surface area contributed by atoms with E-state index in [1.165, 1.54) is 35.4 Å². The summed E-state index contributed by atoms with van der Waals surface area (Å²) >= 11 is 0. The van der Waals surface area contributed by atoms with E-state index in [-0.39, 0.29) is 16.2 Å². The van der Waals surface area contributed by atoms with Crippen molar-refractivity contribution in [2.24, 2.45) is 7.05 Å². The zero-order chi connectivity index (χ0) is 21.7. The molecule has 0 saturated heterocycles. The van der Waals surface area contributed by atoms with E-state index in [9.17, 15) is 21.6 Å². The van der Waals surface area contributed by atoms with Crippen molar-refractivity contribution in [2.45, 2.75) is 18.0 Å². The lowest BCUT2D eigenvalue weighted by molar-refractivity contribution is -0.137. The minimum absolute atomic E-state index is 0.0356. The Morgan fingerprint density at radius 2 is 1.90 bits per heavy atom. The van der Waals surface area contributed by atoms with Gasteiger partial charge in [0.25, 0.3) is 10.0 Å². The van der Waals surface area contributed by atoms with Gasteiger partial charge in [0.2, 0.25) is 0 Å². The van der Waals surface area contributed by atoms with Crippen LogP contribution in [0.1, 0.15) is 11.3 Å². The summed E-state index contributed by atoms with van der Waals surface area (Å²) in [5, 5.41) is 10.7.